The summed E-state index contributed by atoms with van der Waals surface area (Å²) in [4.78, 5) is 10.7. The second-order valence-electron chi connectivity index (χ2n) is 3.43. The fraction of sp³-hybridized carbons (Fsp3) is 0.250. The van der Waals surface area contributed by atoms with Gasteiger partial charge in [0.25, 0.3) is 0 Å². The molecule has 0 amide bonds. The summed E-state index contributed by atoms with van der Waals surface area (Å²) in [6.07, 6.45) is -1.59. The smallest absolute Gasteiger partial charge is 0.288 e. The van der Waals surface area contributed by atoms with E-state index >= 15 is 0 Å². The second kappa shape index (κ2) is 6.29. The Balaban J connectivity index is 2.92. The minimum atomic E-state index is -4.45. The van der Waals surface area contributed by atoms with Crippen LogP contribution in [-0.2, 0) is 11.0 Å². The monoisotopic (exact) mass is 294 g/mol. The molecule has 0 saturated heterocycles. The van der Waals surface area contributed by atoms with Crippen molar-refractivity contribution in [3.63, 3.8) is 0 Å². The van der Waals surface area contributed by atoms with Crippen LogP contribution in [-0.4, -0.2) is 10.9 Å². The van der Waals surface area contributed by atoms with Crippen LogP contribution in [0.25, 0.3) is 6.08 Å². The van der Waals surface area contributed by atoms with Gasteiger partial charge in [0.05, 0.1) is 5.56 Å². The van der Waals surface area contributed by atoms with E-state index in [2.05, 4.69) is 0 Å². The van der Waals surface area contributed by atoms with Crippen LogP contribution < -0.4 is 0 Å². The van der Waals surface area contributed by atoms with Gasteiger partial charge in [0.1, 0.15) is 0 Å². The van der Waals surface area contributed by atoms with Crippen LogP contribution >= 0.6 is 23.4 Å². The van der Waals surface area contributed by atoms with Crippen molar-refractivity contribution in [2.24, 2.45) is 0 Å². The van der Waals surface area contributed by atoms with E-state index in [9.17, 15) is 18.0 Å². The molecule has 0 saturated carbocycles. The van der Waals surface area contributed by atoms with Crippen molar-refractivity contribution in [3.8, 4) is 0 Å². The normalized spacial score (nSPS) is 12.1. The molecule has 0 unspecified atom stereocenters. The van der Waals surface area contributed by atoms with Crippen molar-refractivity contribution < 1.29 is 18.0 Å². The van der Waals surface area contributed by atoms with Crippen LogP contribution in [0.15, 0.2) is 24.3 Å². The van der Waals surface area contributed by atoms with Crippen molar-refractivity contribution in [2.75, 3.05) is 5.75 Å². The van der Waals surface area contributed by atoms with E-state index < -0.39 is 11.7 Å². The maximum Gasteiger partial charge on any atom is 0.417 e. The van der Waals surface area contributed by atoms with E-state index in [0.29, 0.717) is 5.75 Å². The molecule has 0 aliphatic rings. The molecule has 0 spiro atoms. The third kappa shape index (κ3) is 4.74. The fourth-order valence-electron chi connectivity index (χ4n) is 1.26. The molecule has 0 aromatic heterocycles. The SMILES string of the molecule is CC(=O)SCC=Cc1ccc(Cl)cc1C(F)(F)F. The van der Waals surface area contributed by atoms with Crippen LogP contribution in [0.1, 0.15) is 18.1 Å². The highest BCUT2D eigenvalue weighted by molar-refractivity contribution is 8.13. The molecule has 18 heavy (non-hydrogen) atoms. The number of rotatable bonds is 3. The topological polar surface area (TPSA) is 17.1 Å². The molecule has 1 aromatic carbocycles. The lowest BCUT2D eigenvalue weighted by Crippen LogP contribution is -2.07. The maximum atomic E-state index is 12.7. The summed E-state index contributed by atoms with van der Waals surface area (Å²) in [6, 6.07) is 3.59. The lowest BCUT2D eigenvalue weighted by Gasteiger charge is -2.10. The number of carbonyl (C=O) groups is 1. The first-order chi connectivity index (χ1) is 8.30. The van der Waals surface area contributed by atoms with Gasteiger partial charge in [0, 0.05) is 17.7 Å². The van der Waals surface area contributed by atoms with E-state index in [0.717, 1.165) is 17.8 Å². The van der Waals surface area contributed by atoms with Crippen molar-refractivity contribution in [1.82, 2.24) is 0 Å². The zero-order valence-corrected chi connectivity index (χ0v) is 11.0. The van der Waals surface area contributed by atoms with E-state index in [4.69, 9.17) is 11.6 Å². The van der Waals surface area contributed by atoms with Gasteiger partial charge in [-0.15, -0.1) is 0 Å². The lowest BCUT2D eigenvalue weighted by atomic mass is 10.1. The van der Waals surface area contributed by atoms with Gasteiger partial charge in [0.2, 0.25) is 0 Å². The molecule has 0 aliphatic carbocycles. The average molecular weight is 295 g/mol. The largest absolute Gasteiger partial charge is 0.417 e. The van der Waals surface area contributed by atoms with Crippen LogP contribution in [0.5, 0.6) is 0 Å². The highest BCUT2D eigenvalue weighted by atomic mass is 35.5. The van der Waals surface area contributed by atoms with E-state index in [1.54, 1.807) is 0 Å². The number of thioether (sulfide) groups is 1. The van der Waals surface area contributed by atoms with Gasteiger partial charge < -0.3 is 0 Å². The summed E-state index contributed by atoms with van der Waals surface area (Å²) in [7, 11) is 0. The van der Waals surface area contributed by atoms with Crippen LogP contribution in [0.4, 0.5) is 13.2 Å². The van der Waals surface area contributed by atoms with Crippen molar-refractivity contribution in [1.29, 1.82) is 0 Å². The van der Waals surface area contributed by atoms with E-state index in [1.165, 1.54) is 31.2 Å². The Bertz CT molecular complexity index is 469. The predicted octanol–water partition coefficient (Wildman–Crippen LogP) is 4.65. The van der Waals surface area contributed by atoms with Gasteiger partial charge in [-0.1, -0.05) is 41.6 Å². The molecule has 0 aliphatic heterocycles. The molecule has 1 rings (SSSR count). The minimum Gasteiger partial charge on any atom is -0.288 e. The summed E-state index contributed by atoms with van der Waals surface area (Å²) in [5.74, 6) is 0.343. The molecule has 0 bridgehead atoms. The first kappa shape index (κ1) is 15.1. The second-order valence-corrected chi connectivity index (χ2v) is 5.07. The summed E-state index contributed by atoms with van der Waals surface area (Å²) in [6.45, 7) is 1.40. The minimum absolute atomic E-state index is 0.0380. The maximum absolute atomic E-state index is 12.7. The van der Waals surface area contributed by atoms with Gasteiger partial charge >= 0.3 is 6.18 Å². The number of alkyl halides is 3. The van der Waals surface area contributed by atoms with Crippen molar-refractivity contribution in [3.05, 3.63) is 40.4 Å². The zero-order chi connectivity index (χ0) is 13.8. The number of hydrogen-bond acceptors (Lipinski definition) is 2. The third-order valence-electron chi connectivity index (χ3n) is 2.00. The molecular weight excluding hydrogens is 285 g/mol. The summed E-state index contributed by atoms with van der Waals surface area (Å²) >= 11 is 6.59. The van der Waals surface area contributed by atoms with Gasteiger partial charge in [-0.25, -0.2) is 0 Å². The Morgan fingerprint density at radius 3 is 2.67 bits per heavy atom. The summed E-state index contributed by atoms with van der Waals surface area (Å²) in [5, 5.41) is -0.0376. The Hall–Kier alpha value is -0.940. The zero-order valence-electron chi connectivity index (χ0n) is 9.42. The van der Waals surface area contributed by atoms with Gasteiger partial charge in [-0.05, 0) is 17.7 Å². The number of halogens is 4. The molecule has 6 heteroatoms. The Labute approximate surface area is 112 Å². The molecule has 0 heterocycles. The van der Waals surface area contributed by atoms with Crippen molar-refractivity contribution >= 4 is 34.6 Å². The molecule has 0 atom stereocenters. The lowest BCUT2D eigenvalue weighted by molar-refractivity contribution is -0.137. The van der Waals surface area contributed by atoms with E-state index in [-0.39, 0.29) is 15.7 Å². The van der Waals surface area contributed by atoms with Gasteiger partial charge in [-0.3, -0.25) is 4.79 Å². The average Bonchev–Trinajstić information content (AvgIpc) is 2.24. The summed E-state index contributed by atoms with van der Waals surface area (Å²) in [5.41, 5.74) is -0.741. The first-order valence-electron chi connectivity index (χ1n) is 4.97. The predicted molar refractivity (Wildman–Crippen MR) is 68.6 cm³/mol. The standard InChI is InChI=1S/C12H10ClF3OS/c1-8(17)18-6-2-3-9-4-5-10(13)7-11(9)12(14,15)16/h2-5,7H,6H2,1H3. The number of hydrogen-bond donors (Lipinski definition) is 0. The number of benzene rings is 1. The summed E-state index contributed by atoms with van der Waals surface area (Å²) < 4.78 is 38.1. The third-order valence-corrected chi connectivity index (χ3v) is 3.00. The quantitative estimate of drug-likeness (QED) is 0.807. The molecular formula is C12H10ClF3OS. The fourth-order valence-corrected chi connectivity index (χ4v) is 1.86. The molecule has 1 aromatic rings. The van der Waals surface area contributed by atoms with Crippen molar-refractivity contribution in [2.45, 2.75) is 13.1 Å². The highest BCUT2D eigenvalue weighted by Crippen LogP contribution is 2.34. The van der Waals surface area contributed by atoms with Gasteiger partial charge in [0.15, 0.2) is 5.12 Å². The first-order valence-corrected chi connectivity index (χ1v) is 6.33. The molecule has 1 nitrogen and oxygen atoms in total. The Kier molecular flexibility index (Phi) is 5.28. The van der Waals surface area contributed by atoms with Crippen LogP contribution in [0, 0.1) is 0 Å². The molecule has 98 valence electrons. The molecule has 0 fully saturated rings. The van der Waals surface area contributed by atoms with Crippen LogP contribution in [0.3, 0.4) is 0 Å². The molecule has 0 N–H and O–H groups in total. The molecule has 0 radical (unpaired) electrons. The highest BCUT2D eigenvalue weighted by Gasteiger charge is 2.32. The van der Waals surface area contributed by atoms with Crippen LogP contribution in [0.2, 0.25) is 5.02 Å². The van der Waals surface area contributed by atoms with Gasteiger partial charge in [-0.2, -0.15) is 13.2 Å². The Morgan fingerprint density at radius 1 is 1.44 bits per heavy atom. The van der Waals surface area contributed by atoms with E-state index in [1.807, 2.05) is 0 Å². The number of carbonyl (C=O) groups excluding carboxylic acids is 1. The Morgan fingerprint density at radius 2 is 2.11 bits per heavy atom.